The molecule has 0 atom stereocenters. The van der Waals surface area contributed by atoms with Crippen molar-refractivity contribution in [1.29, 1.82) is 0 Å². The Morgan fingerprint density at radius 3 is 2.84 bits per heavy atom. The van der Waals surface area contributed by atoms with Crippen LogP contribution in [0.1, 0.15) is 42.4 Å². The van der Waals surface area contributed by atoms with Crippen molar-refractivity contribution in [2.75, 3.05) is 6.54 Å². The maximum absolute atomic E-state index is 10.5. The number of hydrogen-bond acceptors (Lipinski definition) is 3. The van der Waals surface area contributed by atoms with Crippen LogP contribution in [0, 0.1) is 0 Å². The first kappa shape index (κ1) is 14.3. The van der Waals surface area contributed by atoms with Crippen LogP contribution in [0.2, 0.25) is 0 Å². The summed E-state index contributed by atoms with van der Waals surface area (Å²) < 4.78 is 0. The van der Waals surface area contributed by atoms with Crippen LogP contribution in [-0.2, 0) is 11.3 Å². The monoisotopic (exact) mass is 279 g/mol. The van der Waals surface area contributed by atoms with E-state index in [1.54, 1.807) is 17.4 Å². The molecule has 1 aliphatic rings. The zero-order valence-corrected chi connectivity index (χ0v) is 12.2. The summed E-state index contributed by atoms with van der Waals surface area (Å²) in [4.78, 5) is 15.4. The molecule has 0 aliphatic heterocycles. The third-order valence-electron chi connectivity index (χ3n) is 3.68. The van der Waals surface area contributed by atoms with Crippen LogP contribution in [0.3, 0.4) is 0 Å². The molecule has 0 saturated heterocycles. The molecule has 1 heterocycles. The molecule has 104 valence electrons. The number of carbonyl (C=O) groups is 1. The van der Waals surface area contributed by atoms with Crippen molar-refractivity contribution in [3.8, 4) is 0 Å². The van der Waals surface area contributed by atoms with Gasteiger partial charge in [-0.1, -0.05) is 19.8 Å². The Morgan fingerprint density at radius 2 is 2.21 bits per heavy atom. The van der Waals surface area contributed by atoms with Crippen molar-refractivity contribution >= 4 is 23.4 Å². The fraction of sp³-hybridized carbons (Fsp3) is 0.533. The van der Waals surface area contributed by atoms with E-state index in [9.17, 15) is 4.79 Å². The van der Waals surface area contributed by atoms with Gasteiger partial charge in [0.05, 0.1) is 0 Å². The third-order valence-corrected chi connectivity index (χ3v) is 4.71. The van der Waals surface area contributed by atoms with Crippen LogP contribution in [-0.4, -0.2) is 28.6 Å². The molecule has 0 unspecified atom stereocenters. The largest absolute Gasteiger partial charge is 0.478 e. The molecule has 4 heteroatoms. The van der Waals surface area contributed by atoms with Gasteiger partial charge in [0.25, 0.3) is 0 Å². The van der Waals surface area contributed by atoms with Crippen molar-refractivity contribution in [1.82, 2.24) is 4.90 Å². The Bertz CT molecular complexity index is 447. The minimum Gasteiger partial charge on any atom is -0.478 e. The van der Waals surface area contributed by atoms with Crippen molar-refractivity contribution in [3.05, 3.63) is 28.0 Å². The van der Waals surface area contributed by atoms with Crippen molar-refractivity contribution < 1.29 is 9.90 Å². The maximum atomic E-state index is 10.5. The van der Waals surface area contributed by atoms with E-state index in [0.717, 1.165) is 24.0 Å². The summed E-state index contributed by atoms with van der Waals surface area (Å²) in [6, 6.07) is 4.86. The molecule has 0 amide bonds. The molecule has 1 fully saturated rings. The zero-order valence-electron chi connectivity index (χ0n) is 11.3. The molecule has 0 spiro atoms. The zero-order chi connectivity index (χ0) is 13.7. The summed E-state index contributed by atoms with van der Waals surface area (Å²) in [7, 11) is 0. The average molecular weight is 279 g/mol. The van der Waals surface area contributed by atoms with E-state index in [2.05, 4.69) is 17.9 Å². The molecule has 0 bridgehead atoms. The minimum atomic E-state index is -0.893. The summed E-state index contributed by atoms with van der Waals surface area (Å²) in [6.07, 6.45) is 8.24. The van der Waals surface area contributed by atoms with Gasteiger partial charge < -0.3 is 5.11 Å². The molecule has 1 saturated carbocycles. The van der Waals surface area contributed by atoms with Gasteiger partial charge in [0, 0.05) is 28.4 Å². The number of thiophene rings is 1. The van der Waals surface area contributed by atoms with E-state index in [-0.39, 0.29) is 0 Å². The number of nitrogens with zero attached hydrogens (tertiary/aromatic N) is 1. The summed E-state index contributed by atoms with van der Waals surface area (Å²) in [5.41, 5.74) is 0. The fourth-order valence-electron chi connectivity index (χ4n) is 2.69. The van der Waals surface area contributed by atoms with Gasteiger partial charge >= 0.3 is 5.97 Å². The number of hydrogen-bond donors (Lipinski definition) is 1. The van der Waals surface area contributed by atoms with Crippen molar-refractivity contribution in [2.24, 2.45) is 0 Å². The second-order valence-corrected chi connectivity index (χ2v) is 6.18. The molecule has 0 radical (unpaired) electrons. The van der Waals surface area contributed by atoms with Crippen LogP contribution in [0.5, 0.6) is 0 Å². The Morgan fingerprint density at radius 1 is 1.47 bits per heavy atom. The second-order valence-electron chi connectivity index (χ2n) is 4.98. The van der Waals surface area contributed by atoms with Gasteiger partial charge in [0.2, 0.25) is 0 Å². The highest BCUT2D eigenvalue weighted by Crippen LogP contribution is 2.26. The normalized spacial score (nSPS) is 16.7. The highest BCUT2D eigenvalue weighted by Gasteiger charge is 2.21. The second kappa shape index (κ2) is 6.87. The first-order valence-corrected chi connectivity index (χ1v) is 7.74. The molecular formula is C15H21NO2S. The lowest BCUT2D eigenvalue weighted by molar-refractivity contribution is -0.131. The standard InChI is InChI=1S/C15H21NO2S/c1-2-16(12-5-3-4-6-12)11-14-8-7-13(19-14)9-10-15(17)18/h7-10,12H,2-6,11H2,1H3,(H,17,18). The minimum absolute atomic E-state index is 0.741. The van der Waals surface area contributed by atoms with E-state index in [0.29, 0.717) is 0 Å². The summed E-state index contributed by atoms with van der Waals surface area (Å²) in [5.74, 6) is -0.893. The summed E-state index contributed by atoms with van der Waals surface area (Å²) in [6.45, 7) is 4.30. The number of carboxylic acid groups (broad SMARTS) is 1. The molecule has 1 aliphatic carbocycles. The lowest BCUT2D eigenvalue weighted by atomic mass is 10.2. The van der Waals surface area contributed by atoms with Gasteiger partial charge in [-0.3, -0.25) is 4.90 Å². The van der Waals surface area contributed by atoms with Crippen molar-refractivity contribution in [2.45, 2.75) is 45.2 Å². The molecule has 1 aromatic rings. The topological polar surface area (TPSA) is 40.5 Å². The van der Waals surface area contributed by atoms with Crippen molar-refractivity contribution in [3.63, 3.8) is 0 Å². The highest BCUT2D eigenvalue weighted by atomic mass is 32.1. The SMILES string of the molecule is CCN(Cc1ccc(C=CC(=O)O)s1)C1CCCC1. The summed E-state index contributed by atoms with van der Waals surface area (Å²) in [5, 5.41) is 8.62. The quantitative estimate of drug-likeness (QED) is 0.809. The van der Waals surface area contributed by atoms with Gasteiger partial charge in [-0.15, -0.1) is 11.3 Å². The van der Waals surface area contributed by atoms with E-state index < -0.39 is 5.97 Å². The predicted molar refractivity (Wildman–Crippen MR) is 79.3 cm³/mol. The van der Waals surface area contributed by atoms with Crippen LogP contribution in [0.15, 0.2) is 18.2 Å². The van der Waals surface area contributed by atoms with Crippen LogP contribution < -0.4 is 0 Å². The predicted octanol–water partition coefficient (Wildman–Crippen LogP) is 3.61. The number of carboxylic acids is 1. The van der Waals surface area contributed by atoms with Crippen LogP contribution >= 0.6 is 11.3 Å². The lowest BCUT2D eigenvalue weighted by Crippen LogP contribution is -2.32. The molecule has 0 aromatic carbocycles. The fourth-order valence-corrected chi connectivity index (χ4v) is 3.63. The van der Waals surface area contributed by atoms with Gasteiger partial charge in [-0.05, 0) is 37.6 Å². The molecule has 1 N–H and O–H groups in total. The number of rotatable bonds is 6. The molecule has 19 heavy (non-hydrogen) atoms. The Hall–Kier alpha value is -1.13. The Kier molecular flexibility index (Phi) is 5.16. The van der Waals surface area contributed by atoms with Gasteiger partial charge in [-0.2, -0.15) is 0 Å². The molecule has 1 aromatic heterocycles. The smallest absolute Gasteiger partial charge is 0.328 e. The number of aliphatic carboxylic acids is 1. The van der Waals surface area contributed by atoms with E-state index >= 15 is 0 Å². The van der Waals surface area contributed by atoms with Gasteiger partial charge in [0.1, 0.15) is 0 Å². The van der Waals surface area contributed by atoms with Gasteiger partial charge in [0.15, 0.2) is 0 Å². The lowest BCUT2D eigenvalue weighted by Gasteiger charge is -2.26. The first-order chi connectivity index (χ1) is 9.19. The maximum Gasteiger partial charge on any atom is 0.328 e. The molecule has 2 rings (SSSR count). The van der Waals surface area contributed by atoms with Gasteiger partial charge in [-0.25, -0.2) is 4.79 Å². The Labute approximate surface area is 118 Å². The molecular weight excluding hydrogens is 258 g/mol. The Balaban J connectivity index is 1.96. The van der Waals surface area contributed by atoms with E-state index in [4.69, 9.17) is 5.11 Å². The highest BCUT2D eigenvalue weighted by molar-refractivity contribution is 7.12. The third kappa shape index (κ3) is 4.18. The first-order valence-electron chi connectivity index (χ1n) is 6.93. The van der Waals surface area contributed by atoms with E-state index in [1.165, 1.54) is 36.6 Å². The average Bonchev–Trinajstić information content (AvgIpc) is 3.05. The van der Waals surface area contributed by atoms with E-state index in [1.807, 2.05) is 6.07 Å². The van der Waals surface area contributed by atoms with Crippen LogP contribution in [0.4, 0.5) is 0 Å². The molecule has 3 nitrogen and oxygen atoms in total. The van der Waals surface area contributed by atoms with Crippen LogP contribution in [0.25, 0.3) is 6.08 Å². The summed E-state index contributed by atoms with van der Waals surface area (Å²) >= 11 is 1.69.